The zero-order valence-electron chi connectivity index (χ0n) is 8.01. The van der Waals surface area contributed by atoms with Crippen molar-refractivity contribution in [2.45, 2.75) is 19.1 Å². The van der Waals surface area contributed by atoms with Gasteiger partial charge in [0.15, 0.2) is 6.10 Å². The van der Waals surface area contributed by atoms with Crippen LogP contribution in [0.2, 0.25) is 5.02 Å². The average molecular weight is 231 g/mol. The molecule has 1 rings (SSSR count). The molecule has 5 heteroatoms. The van der Waals surface area contributed by atoms with Crippen LogP contribution >= 0.6 is 11.6 Å². The van der Waals surface area contributed by atoms with Gasteiger partial charge < -0.3 is 15.3 Å². The van der Waals surface area contributed by atoms with Gasteiger partial charge in [-0.2, -0.15) is 0 Å². The molecule has 0 fully saturated rings. The molecular weight excluding hydrogens is 220 g/mol. The normalized spacial score (nSPS) is 14.7. The number of carboxylic acids is 1. The Labute approximate surface area is 91.7 Å². The second-order valence-corrected chi connectivity index (χ2v) is 3.64. The van der Waals surface area contributed by atoms with Crippen molar-refractivity contribution >= 4 is 17.6 Å². The predicted octanol–water partition coefficient (Wildman–Crippen LogP) is 1.13. The second kappa shape index (κ2) is 4.61. The molecule has 0 heterocycles. The van der Waals surface area contributed by atoms with Gasteiger partial charge in [-0.1, -0.05) is 23.7 Å². The van der Waals surface area contributed by atoms with Crippen molar-refractivity contribution in [1.29, 1.82) is 0 Å². The molecule has 2 atom stereocenters. The first-order valence-corrected chi connectivity index (χ1v) is 4.66. The van der Waals surface area contributed by atoms with Gasteiger partial charge in [-0.15, -0.1) is 0 Å². The monoisotopic (exact) mass is 230 g/mol. The molecule has 0 aliphatic carbocycles. The maximum Gasteiger partial charge on any atom is 0.335 e. The number of rotatable bonds is 3. The number of carbonyl (C=O) groups is 1. The quantitative estimate of drug-likeness (QED) is 0.727. The molecule has 0 amide bonds. The third-order valence-electron chi connectivity index (χ3n) is 2.08. The fourth-order valence-electron chi connectivity index (χ4n) is 1.17. The zero-order chi connectivity index (χ0) is 11.6. The molecule has 0 saturated carbocycles. The summed E-state index contributed by atoms with van der Waals surface area (Å²) in [6.07, 6.45) is -3.27. The molecule has 0 aromatic heterocycles. The second-order valence-electron chi connectivity index (χ2n) is 3.24. The molecule has 0 saturated heterocycles. The summed E-state index contributed by atoms with van der Waals surface area (Å²) < 4.78 is 0. The van der Waals surface area contributed by atoms with Crippen LogP contribution in [0, 0.1) is 6.92 Å². The molecular formula is C10H11ClO4. The van der Waals surface area contributed by atoms with E-state index in [2.05, 4.69) is 0 Å². The number of aryl methyl sites for hydroxylation is 1. The fourth-order valence-corrected chi connectivity index (χ4v) is 1.29. The Balaban J connectivity index is 2.96. The van der Waals surface area contributed by atoms with Crippen molar-refractivity contribution in [3.63, 3.8) is 0 Å². The van der Waals surface area contributed by atoms with Crippen LogP contribution in [0.5, 0.6) is 0 Å². The third-order valence-corrected chi connectivity index (χ3v) is 2.50. The first-order valence-electron chi connectivity index (χ1n) is 4.28. The SMILES string of the molecule is Cc1cc(C(O)C(O)C(=O)O)ccc1Cl. The van der Waals surface area contributed by atoms with Gasteiger partial charge in [-0.05, 0) is 24.1 Å². The predicted molar refractivity (Wildman–Crippen MR) is 54.8 cm³/mol. The van der Waals surface area contributed by atoms with Gasteiger partial charge in [0.05, 0.1) is 0 Å². The molecule has 1 aromatic carbocycles. The Hall–Kier alpha value is -1.10. The summed E-state index contributed by atoms with van der Waals surface area (Å²) in [7, 11) is 0. The van der Waals surface area contributed by atoms with Crippen molar-refractivity contribution in [2.24, 2.45) is 0 Å². The molecule has 0 radical (unpaired) electrons. The van der Waals surface area contributed by atoms with Crippen molar-refractivity contribution in [3.05, 3.63) is 34.3 Å². The minimum absolute atomic E-state index is 0.326. The van der Waals surface area contributed by atoms with Crippen LogP contribution in [-0.4, -0.2) is 27.4 Å². The van der Waals surface area contributed by atoms with Crippen LogP contribution in [0.25, 0.3) is 0 Å². The molecule has 0 aliphatic heterocycles. The molecule has 0 spiro atoms. The van der Waals surface area contributed by atoms with Crippen LogP contribution < -0.4 is 0 Å². The van der Waals surface area contributed by atoms with E-state index in [1.165, 1.54) is 6.07 Å². The van der Waals surface area contributed by atoms with E-state index in [0.717, 1.165) is 0 Å². The number of carboxylic acid groups (broad SMARTS) is 1. The smallest absolute Gasteiger partial charge is 0.335 e. The van der Waals surface area contributed by atoms with Crippen LogP contribution in [0.3, 0.4) is 0 Å². The fraction of sp³-hybridized carbons (Fsp3) is 0.300. The van der Waals surface area contributed by atoms with Crippen molar-refractivity contribution in [3.8, 4) is 0 Å². The Kier molecular flexibility index (Phi) is 3.68. The highest BCUT2D eigenvalue weighted by Crippen LogP contribution is 2.22. The summed E-state index contributed by atoms with van der Waals surface area (Å²) in [5.41, 5.74) is 1.04. The van der Waals surface area contributed by atoms with Gasteiger partial charge in [0.1, 0.15) is 6.10 Å². The molecule has 0 aliphatic rings. The van der Waals surface area contributed by atoms with Gasteiger partial charge in [0.25, 0.3) is 0 Å². The first kappa shape index (κ1) is 12.0. The van der Waals surface area contributed by atoms with E-state index in [4.69, 9.17) is 21.8 Å². The molecule has 1 aromatic rings. The lowest BCUT2D eigenvalue weighted by molar-refractivity contribution is -0.153. The van der Waals surface area contributed by atoms with E-state index < -0.39 is 18.2 Å². The van der Waals surface area contributed by atoms with E-state index in [9.17, 15) is 9.90 Å². The van der Waals surface area contributed by atoms with E-state index in [-0.39, 0.29) is 0 Å². The summed E-state index contributed by atoms with van der Waals surface area (Å²) in [5.74, 6) is -1.46. The van der Waals surface area contributed by atoms with Crippen LogP contribution in [0.15, 0.2) is 18.2 Å². The highest BCUT2D eigenvalue weighted by molar-refractivity contribution is 6.31. The maximum absolute atomic E-state index is 10.4. The summed E-state index contributed by atoms with van der Waals surface area (Å²) in [4.78, 5) is 10.4. The largest absolute Gasteiger partial charge is 0.479 e. The van der Waals surface area contributed by atoms with Gasteiger partial charge in [0.2, 0.25) is 0 Å². The Bertz CT molecular complexity index is 378. The molecule has 3 N–H and O–H groups in total. The highest BCUT2D eigenvalue weighted by atomic mass is 35.5. The van der Waals surface area contributed by atoms with E-state index >= 15 is 0 Å². The number of aliphatic carboxylic acids is 1. The number of hydrogen-bond donors (Lipinski definition) is 3. The number of halogens is 1. The average Bonchev–Trinajstić information content (AvgIpc) is 2.19. The summed E-state index contributed by atoms with van der Waals surface area (Å²) in [6.45, 7) is 1.73. The summed E-state index contributed by atoms with van der Waals surface area (Å²) >= 11 is 5.77. The van der Waals surface area contributed by atoms with E-state index in [1.807, 2.05) is 0 Å². The lowest BCUT2D eigenvalue weighted by Gasteiger charge is -2.15. The summed E-state index contributed by atoms with van der Waals surface area (Å²) in [6, 6.07) is 4.56. The lowest BCUT2D eigenvalue weighted by Crippen LogP contribution is -2.27. The molecule has 4 nitrogen and oxygen atoms in total. The number of aliphatic hydroxyl groups is 2. The van der Waals surface area contributed by atoms with Crippen LogP contribution in [0.1, 0.15) is 17.2 Å². The standard InChI is InChI=1S/C10H11ClO4/c1-5-4-6(2-3-7(5)11)8(12)9(13)10(14)15/h2-4,8-9,12-13H,1H3,(H,14,15). The minimum Gasteiger partial charge on any atom is -0.479 e. The number of hydrogen-bond acceptors (Lipinski definition) is 3. The molecule has 15 heavy (non-hydrogen) atoms. The summed E-state index contributed by atoms with van der Waals surface area (Å²) in [5, 5.41) is 27.7. The van der Waals surface area contributed by atoms with Gasteiger partial charge >= 0.3 is 5.97 Å². The maximum atomic E-state index is 10.4. The van der Waals surface area contributed by atoms with Crippen molar-refractivity contribution in [2.75, 3.05) is 0 Å². The molecule has 0 bridgehead atoms. The van der Waals surface area contributed by atoms with Crippen molar-refractivity contribution < 1.29 is 20.1 Å². The Morgan fingerprint density at radius 3 is 2.47 bits per heavy atom. The third kappa shape index (κ3) is 2.68. The Morgan fingerprint density at radius 2 is 2.00 bits per heavy atom. The van der Waals surface area contributed by atoms with Gasteiger partial charge in [-0.3, -0.25) is 0 Å². The first-order chi connectivity index (χ1) is 6.93. The topological polar surface area (TPSA) is 77.8 Å². The molecule has 2 unspecified atom stereocenters. The van der Waals surface area contributed by atoms with Crippen molar-refractivity contribution in [1.82, 2.24) is 0 Å². The zero-order valence-corrected chi connectivity index (χ0v) is 8.77. The van der Waals surface area contributed by atoms with E-state index in [1.54, 1.807) is 19.1 Å². The molecule has 82 valence electrons. The highest BCUT2D eigenvalue weighted by Gasteiger charge is 2.25. The number of aliphatic hydroxyl groups excluding tert-OH is 2. The Morgan fingerprint density at radius 1 is 1.40 bits per heavy atom. The van der Waals surface area contributed by atoms with Crippen LogP contribution in [-0.2, 0) is 4.79 Å². The van der Waals surface area contributed by atoms with Gasteiger partial charge in [0, 0.05) is 5.02 Å². The van der Waals surface area contributed by atoms with E-state index in [0.29, 0.717) is 16.1 Å². The minimum atomic E-state index is -1.83. The lowest BCUT2D eigenvalue weighted by atomic mass is 10.0. The van der Waals surface area contributed by atoms with Crippen LogP contribution in [0.4, 0.5) is 0 Å². The van der Waals surface area contributed by atoms with Gasteiger partial charge in [-0.25, -0.2) is 4.79 Å². The number of benzene rings is 1.